The first-order valence-corrected chi connectivity index (χ1v) is 3.34. The van der Waals surface area contributed by atoms with Gasteiger partial charge in [0.05, 0.1) is 7.11 Å². The number of ether oxygens (including phenoxy) is 1. The fourth-order valence-corrected chi connectivity index (χ4v) is 0.748. The molecule has 1 aromatic heterocycles. The van der Waals surface area contributed by atoms with Crippen molar-refractivity contribution >= 4 is 12.0 Å². The van der Waals surface area contributed by atoms with Crippen LogP contribution in [0.3, 0.4) is 0 Å². The fourth-order valence-electron chi connectivity index (χ4n) is 0.748. The Morgan fingerprint density at radius 2 is 2.23 bits per heavy atom. The molecule has 0 saturated carbocycles. The van der Waals surface area contributed by atoms with Crippen LogP contribution in [-0.4, -0.2) is 13.1 Å². The quantitative estimate of drug-likeness (QED) is 0.668. The molecule has 5 heteroatoms. The number of rotatable bonds is 2. The van der Waals surface area contributed by atoms with Crippen molar-refractivity contribution in [2.45, 2.75) is 0 Å². The van der Waals surface area contributed by atoms with Crippen molar-refractivity contribution in [2.75, 3.05) is 7.11 Å². The van der Waals surface area contributed by atoms with Gasteiger partial charge in [-0.1, -0.05) is 0 Å². The second-order valence-electron chi connectivity index (χ2n) is 2.13. The van der Waals surface area contributed by atoms with Gasteiger partial charge in [-0.2, -0.15) is 8.78 Å². The van der Waals surface area contributed by atoms with Crippen molar-refractivity contribution in [3.8, 4) is 0 Å². The van der Waals surface area contributed by atoms with Crippen LogP contribution in [-0.2, 0) is 4.74 Å². The average Bonchev–Trinajstić information content (AvgIpc) is 2.50. The summed E-state index contributed by atoms with van der Waals surface area (Å²) in [7, 11) is 1.18. The van der Waals surface area contributed by atoms with E-state index in [4.69, 9.17) is 4.42 Å². The van der Waals surface area contributed by atoms with Gasteiger partial charge >= 0.3 is 5.97 Å². The lowest BCUT2D eigenvalue weighted by molar-refractivity contribution is 0.0564. The molecule has 0 amide bonds. The Bertz CT molecular complexity index is 337. The summed E-state index contributed by atoms with van der Waals surface area (Å²) in [5.41, 5.74) is 0. The van der Waals surface area contributed by atoms with Crippen molar-refractivity contribution in [2.24, 2.45) is 0 Å². The third kappa shape index (κ3) is 2.40. The van der Waals surface area contributed by atoms with E-state index in [1.165, 1.54) is 19.2 Å². The first-order chi connectivity index (χ1) is 6.13. The number of furan rings is 1. The molecule has 0 spiro atoms. The Kier molecular flexibility index (Phi) is 2.79. The Balaban J connectivity index is 2.87. The highest BCUT2D eigenvalue weighted by molar-refractivity contribution is 5.86. The van der Waals surface area contributed by atoms with Crippen LogP contribution in [0, 0.1) is 0 Å². The van der Waals surface area contributed by atoms with Crippen molar-refractivity contribution in [1.29, 1.82) is 0 Å². The summed E-state index contributed by atoms with van der Waals surface area (Å²) >= 11 is 0. The molecule has 0 fully saturated rings. The molecule has 3 nitrogen and oxygen atoms in total. The van der Waals surface area contributed by atoms with E-state index in [0.717, 1.165) is 0 Å². The van der Waals surface area contributed by atoms with Gasteiger partial charge in [0.15, 0.2) is 0 Å². The third-order valence-electron chi connectivity index (χ3n) is 1.26. The van der Waals surface area contributed by atoms with Crippen LogP contribution in [0.15, 0.2) is 22.6 Å². The zero-order valence-electron chi connectivity index (χ0n) is 6.71. The number of halogens is 2. The Hall–Kier alpha value is -1.65. The SMILES string of the molecule is COC(=O)c1ccc(C=C(F)F)o1. The lowest BCUT2D eigenvalue weighted by atomic mass is 10.4. The number of hydrogen-bond acceptors (Lipinski definition) is 3. The van der Waals surface area contributed by atoms with E-state index >= 15 is 0 Å². The van der Waals surface area contributed by atoms with Crippen molar-refractivity contribution in [3.63, 3.8) is 0 Å². The summed E-state index contributed by atoms with van der Waals surface area (Å²) < 4.78 is 32.4. The van der Waals surface area contributed by atoms with E-state index in [9.17, 15) is 13.6 Å². The van der Waals surface area contributed by atoms with E-state index < -0.39 is 12.0 Å². The molecule has 0 aliphatic carbocycles. The second-order valence-corrected chi connectivity index (χ2v) is 2.13. The summed E-state index contributed by atoms with van der Waals surface area (Å²) in [5, 5.41) is 0. The van der Waals surface area contributed by atoms with Crippen molar-refractivity contribution in [1.82, 2.24) is 0 Å². The lowest BCUT2D eigenvalue weighted by Gasteiger charge is -1.91. The molecule has 0 aromatic carbocycles. The van der Waals surface area contributed by atoms with Crippen LogP contribution in [0.25, 0.3) is 6.08 Å². The first-order valence-electron chi connectivity index (χ1n) is 3.34. The lowest BCUT2D eigenvalue weighted by Crippen LogP contribution is -1.98. The van der Waals surface area contributed by atoms with Gasteiger partial charge in [0.2, 0.25) is 5.76 Å². The van der Waals surface area contributed by atoms with E-state index in [1.54, 1.807) is 0 Å². The molecule has 1 aromatic rings. The van der Waals surface area contributed by atoms with Crippen LogP contribution in [0.1, 0.15) is 16.3 Å². The van der Waals surface area contributed by atoms with Gasteiger partial charge in [-0.3, -0.25) is 0 Å². The number of esters is 1. The minimum Gasteiger partial charge on any atom is -0.463 e. The van der Waals surface area contributed by atoms with Crippen molar-refractivity contribution < 1.29 is 22.7 Å². The van der Waals surface area contributed by atoms with Gasteiger partial charge in [0.25, 0.3) is 6.08 Å². The normalized spacial score (nSPS) is 9.46. The molecule has 0 aliphatic rings. The third-order valence-corrected chi connectivity index (χ3v) is 1.26. The van der Waals surface area contributed by atoms with Gasteiger partial charge in [0.1, 0.15) is 5.76 Å². The summed E-state index contributed by atoms with van der Waals surface area (Å²) in [4.78, 5) is 10.8. The van der Waals surface area contributed by atoms with E-state index in [1.807, 2.05) is 0 Å². The van der Waals surface area contributed by atoms with Gasteiger partial charge in [-0.25, -0.2) is 4.79 Å². The molecular weight excluding hydrogens is 182 g/mol. The largest absolute Gasteiger partial charge is 0.463 e. The summed E-state index contributed by atoms with van der Waals surface area (Å²) in [6.45, 7) is 0. The van der Waals surface area contributed by atoms with E-state index in [-0.39, 0.29) is 11.5 Å². The summed E-state index contributed by atoms with van der Waals surface area (Å²) in [6, 6.07) is 2.52. The topological polar surface area (TPSA) is 39.4 Å². The van der Waals surface area contributed by atoms with Gasteiger partial charge < -0.3 is 9.15 Å². The standard InChI is InChI=1S/C8H6F2O3/c1-12-8(11)6-3-2-5(13-6)4-7(9)10/h2-4H,1H3. The Morgan fingerprint density at radius 3 is 2.77 bits per heavy atom. The maximum atomic E-state index is 11.7. The van der Waals surface area contributed by atoms with Gasteiger partial charge in [0, 0.05) is 6.08 Å². The highest BCUT2D eigenvalue weighted by atomic mass is 19.3. The number of carbonyl (C=O) groups is 1. The van der Waals surface area contributed by atoms with Crippen LogP contribution >= 0.6 is 0 Å². The van der Waals surface area contributed by atoms with Crippen LogP contribution < -0.4 is 0 Å². The molecule has 1 rings (SSSR count). The average molecular weight is 188 g/mol. The molecule has 0 aliphatic heterocycles. The van der Waals surface area contributed by atoms with E-state index in [0.29, 0.717) is 6.08 Å². The number of methoxy groups -OCH3 is 1. The molecule has 1 heterocycles. The van der Waals surface area contributed by atoms with Gasteiger partial charge in [-0.15, -0.1) is 0 Å². The second kappa shape index (κ2) is 3.84. The molecule has 0 radical (unpaired) electrons. The molecule has 0 N–H and O–H groups in total. The Morgan fingerprint density at radius 1 is 1.54 bits per heavy atom. The molecule has 0 saturated heterocycles. The minimum atomic E-state index is -1.88. The highest BCUT2D eigenvalue weighted by Gasteiger charge is 2.10. The highest BCUT2D eigenvalue weighted by Crippen LogP contribution is 2.13. The molecule has 13 heavy (non-hydrogen) atoms. The number of hydrogen-bond donors (Lipinski definition) is 0. The van der Waals surface area contributed by atoms with Crippen LogP contribution in [0.4, 0.5) is 8.78 Å². The molecule has 0 unspecified atom stereocenters. The van der Waals surface area contributed by atoms with Gasteiger partial charge in [-0.05, 0) is 12.1 Å². The first kappa shape index (κ1) is 9.44. The van der Waals surface area contributed by atoms with Crippen LogP contribution in [0.2, 0.25) is 0 Å². The maximum Gasteiger partial charge on any atom is 0.373 e. The van der Waals surface area contributed by atoms with Crippen LogP contribution in [0.5, 0.6) is 0 Å². The monoisotopic (exact) mass is 188 g/mol. The van der Waals surface area contributed by atoms with Crippen molar-refractivity contribution in [3.05, 3.63) is 29.7 Å². The van der Waals surface area contributed by atoms with E-state index in [2.05, 4.69) is 4.74 Å². The molecule has 0 atom stereocenters. The molecule has 0 bridgehead atoms. The predicted octanol–water partition coefficient (Wildman–Crippen LogP) is 2.30. The summed E-state index contributed by atoms with van der Waals surface area (Å²) in [5.74, 6) is -0.880. The number of carbonyl (C=O) groups excluding carboxylic acids is 1. The smallest absolute Gasteiger partial charge is 0.373 e. The Labute approximate surface area is 72.6 Å². The summed E-state index contributed by atoms with van der Waals surface area (Å²) in [6.07, 6.45) is -1.36. The fraction of sp³-hybridized carbons (Fsp3) is 0.125. The maximum absolute atomic E-state index is 11.7. The minimum absolute atomic E-state index is 0.0830. The zero-order chi connectivity index (χ0) is 9.84. The zero-order valence-corrected chi connectivity index (χ0v) is 6.71. The molecular formula is C8H6F2O3. The molecule has 70 valence electrons. The predicted molar refractivity (Wildman–Crippen MR) is 40.2 cm³/mol.